The summed E-state index contributed by atoms with van der Waals surface area (Å²) in [5.74, 6) is 1.01. The Kier molecular flexibility index (Phi) is 5.93. The van der Waals surface area contributed by atoms with E-state index in [1.165, 1.54) is 11.3 Å². The van der Waals surface area contributed by atoms with Crippen molar-refractivity contribution in [1.82, 2.24) is 19.9 Å². The molecule has 0 atom stereocenters. The minimum atomic E-state index is -0.275. The summed E-state index contributed by atoms with van der Waals surface area (Å²) in [5.41, 5.74) is 2.18. The Labute approximate surface area is 180 Å². The van der Waals surface area contributed by atoms with E-state index in [2.05, 4.69) is 25.3 Å². The van der Waals surface area contributed by atoms with Crippen molar-refractivity contribution in [3.8, 4) is 17.1 Å². The topological polar surface area (TPSA) is 113 Å². The second-order valence-corrected chi connectivity index (χ2v) is 7.72. The van der Waals surface area contributed by atoms with Gasteiger partial charge in [-0.15, -0.1) is 11.3 Å². The van der Waals surface area contributed by atoms with Gasteiger partial charge in [-0.05, 0) is 36.8 Å². The number of aryl methyl sites for hydroxylation is 1. The van der Waals surface area contributed by atoms with E-state index in [0.29, 0.717) is 50.6 Å². The molecule has 0 bridgehead atoms. The molecule has 1 aromatic carbocycles. The number of pyridine rings is 1. The number of rotatable bonds is 7. The van der Waals surface area contributed by atoms with Crippen molar-refractivity contribution in [2.45, 2.75) is 13.5 Å². The molecular weight excluding hydrogens is 426 g/mol. The molecule has 3 N–H and O–H groups in total. The number of aliphatic hydroxyl groups is 1. The maximum Gasteiger partial charge on any atom is 0.258 e. The monoisotopic (exact) mass is 443 g/mol. The Hall–Kier alpha value is -3.01. The lowest BCUT2D eigenvalue weighted by Crippen LogP contribution is -2.14. The zero-order valence-corrected chi connectivity index (χ0v) is 17.5. The molecule has 0 radical (unpaired) electrons. The smallest absolute Gasteiger partial charge is 0.258 e. The zero-order valence-electron chi connectivity index (χ0n) is 16.0. The fourth-order valence-corrected chi connectivity index (χ4v) is 3.69. The van der Waals surface area contributed by atoms with Crippen LogP contribution in [0.5, 0.6) is 5.75 Å². The number of aromatic nitrogens is 4. The Balaban J connectivity index is 1.66. The normalized spacial score (nSPS) is 11.0. The predicted molar refractivity (Wildman–Crippen MR) is 117 cm³/mol. The number of thiazole rings is 1. The highest BCUT2D eigenvalue weighted by Crippen LogP contribution is 2.27. The van der Waals surface area contributed by atoms with Crippen molar-refractivity contribution >= 4 is 39.0 Å². The second-order valence-electron chi connectivity index (χ2n) is 6.46. The molecule has 0 aliphatic heterocycles. The maximum absolute atomic E-state index is 12.6. The number of benzene rings is 1. The van der Waals surface area contributed by atoms with Crippen LogP contribution in [0.2, 0.25) is 5.02 Å². The molecule has 10 heteroatoms. The lowest BCUT2D eigenvalue weighted by Gasteiger charge is -2.09. The molecule has 4 aromatic rings. The van der Waals surface area contributed by atoms with Crippen LogP contribution in [0.3, 0.4) is 0 Å². The summed E-state index contributed by atoms with van der Waals surface area (Å²) in [6.45, 7) is 2.39. The van der Waals surface area contributed by atoms with E-state index in [9.17, 15) is 4.79 Å². The highest BCUT2D eigenvalue weighted by Gasteiger charge is 2.14. The molecule has 0 amide bonds. The SMILES string of the molecule is Cc1cc(OCc2nc3c(-c4csc(NCCO)n4)nccc3c(=O)[nH]2)ccc1Cl. The van der Waals surface area contributed by atoms with E-state index in [4.69, 9.17) is 21.4 Å². The maximum atomic E-state index is 12.6. The number of aromatic amines is 1. The summed E-state index contributed by atoms with van der Waals surface area (Å²) in [6.07, 6.45) is 1.56. The quantitative estimate of drug-likeness (QED) is 0.401. The molecule has 0 spiro atoms. The number of ether oxygens (including phenoxy) is 1. The third-order valence-corrected chi connectivity index (χ3v) is 5.54. The van der Waals surface area contributed by atoms with Crippen LogP contribution in [0.15, 0.2) is 40.6 Å². The van der Waals surface area contributed by atoms with Crippen molar-refractivity contribution < 1.29 is 9.84 Å². The zero-order chi connectivity index (χ0) is 21.1. The number of aliphatic hydroxyl groups excluding tert-OH is 1. The first-order valence-corrected chi connectivity index (χ1v) is 10.4. The Morgan fingerprint density at radius 3 is 2.97 bits per heavy atom. The van der Waals surface area contributed by atoms with Crippen molar-refractivity contribution in [2.75, 3.05) is 18.5 Å². The summed E-state index contributed by atoms with van der Waals surface area (Å²) < 4.78 is 5.77. The number of nitrogens with one attached hydrogen (secondary N) is 2. The molecule has 154 valence electrons. The minimum Gasteiger partial charge on any atom is -0.486 e. The van der Waals surface area contributed by atoms with Crippen molar-refractivity contribution in [1.29, 1.82) is 0 Å². The number of hydrogen-bond acceptors (Lipinski definition) is 8. The van der Waals surface area contributed by atoms with Crippen LogP contribution in [0.25, 0.3) is 22.3 Å². The molecule has 0 aliphatic rings. The molecule has 30 heavy (non-hydrogen) atoms. The van der Waals surface area contributed by atoms with E-state index in [1.54, 1.807) is 24.4 Å². The van der Waals surface area contributed by atoms with E-state index >= 15 is 0 Å². The summed E-state index contributed by atoms with van der Waals surface area (Å²) >= 11 is 7.43. The van der Waals surface area contributed by atoms with Gasteiger partial charge in [0.25, 0.3) is 5.56 Å². The van der Waals surface area contributed by atoms with E-state index in [0.717, 1.165) is 5.56 Å². The molecule has 0 fully saturated rings. The van der Waals surface area contributed by atoms with Crippen molar-refractivity contribution in [3.05, 3.63) is 62.6 Å². The summed E-state index contributed by atoms with van der Waals surface area (Å²) in [7, 11) is 0. The van der Waals surface area contributed by atoms with Crippen LogP contribution in [-0.2, 0) is 6.61 Å². The van der Waals surface area contributed by atoms with E-state index in [-0.39, 0.29) is 18.8 Å². The van der Waals surface area contributed by atoms with Crippen LogP contribution in [-0.4, -0.2) is 38.2 Å². The Bertz CT molecular complexity index is 1260. The van der Waals surface area contributed by atoms with Crippen LogP contribution in [0, 0.1) is 6.92 Å². The molecule has 0 saturated carbocycles. The largest absolute Gasteiger partial charge is 0.486 e. The summed E-state index contributed by atoms with van der Waals surface area (Å²) in [5, 5.41) is 15.5. The molecule has 0 unspecified atom stereocenters. The summed E-state index contributed by atoms with van der Waals surface area (Å²) in [6, 6.07) is 6.97. The number of H-pyrrole nitrogens is 1. The number of nitrogens with zero attached hydrogens (tertiary/aromatic N) is 3. The second kappa shape index (κ2) is 8.78. The highest BCUT2D eigenvalue weighted by molar-refractivity contribution is 7.14. The fourth-order valence-electron chi connectivity index (χ4n) is 2.85. The van der Waals surface area contributed by atoms with Crippen molar-refractivity contribution in [2.24, 2.45) is 0 Å². The van der Waals surface area contributed by atoms with Gasteiger partial charge in [-0.3, -0.25) is 9.78 Å². The van der Waals surface area contributed by atoms with E-state index < -0.39 is 0 Å². The molecule has 3 aromatic heterocycles. The van der Waals surface area contributed by atoms with Crippen LogP contribution >= 0.6 is 22.9 Å². The average molecular weight is 444 g/mol. The minimum absolute atomic E-state index is 0.00880. The molecule has 0 saturated heterocycles. The van der Waals surface area contributed by atoms with Crippen LogP contribution in [0.4, 0.5) is 5.13 Å². The van der Waals surface area contributed by atoms with E-state index in [1.807, 2.05) is 18.4 Å². The predicted octanol–water partition coefficient (Wildman–Crippen LogP) is 3.39. The molecule has 3 heterocycles. The lowest BCUT2D eigenvalue weighted by molar-refractivity contribution is 0.296. The Morgan fingerprint density at radius 2 is 2.17 bits per heavy atom. The van der Waals surface area contributed by atoms with Gasteiger partial charge in [-0.1, -0.05) is 11.6 Å². The first-order chi connectivity index (χ1) is 14.5. The highest BCUT2D eigenvalue weighted by atomic mass is 35.5. The van der Waals surface area contributed by atoms with Gasteiger partial charge >= 0.3 is 0 Å². The standard InChI is InChI=1S/C20H18ClN5O3S/c1-11-8-12(2-3-14(11)21)29-9-16-25-17-13(19(28)26-16)4-5-22-18(17)15-10-30-20(24-15)23-6-7-27/h2-5,8,10,27H,6-7,9H2,1H3,(H,23,24)(H,25,26,28). The van der Waals surface area contributed by atoms with Crippen molar-refractivity contribution in [3.63, 3.8) is 0 Å². The van der Waals surface area contributed by atoms with Gasteiger partial charge in [-0.25, -0.2) is 9.97 Å². The van der Waals surface area contributed by atoms with Gasteiger partial charge in [0.2, 0.25) is 0 Å². The summed E-state index contributed by atoms with van der Waals surface area (Å²) in [4.78, 5) is 28.8. The number of halogens is 1. The Morgan fingerprint density at radius 1 is 1.30 bits per heavy atom. The molecule has 0 aliphatic carbocycles. The first-order valence-electron chi connectivity index (χ1n) is 9.12. The fraction of sp³-hybridized carbons (Fsp3) is 0.200. The average Bonchev–Trinajstić information content (AvgIpc) is 3.21. The van der Waals surface area contributed by atoms with Gasteiger partial charge in [0, 0.05) is 23.1 Å². The van der Waals surface area contributed by atoms with Crippen LogP contribution in [0.1, 0.15) is 11.4 Å². The van der Waals surface area contributed by atoms with Gasteiger partial charge in [0.1, 0.15) is 35.1 Å². The number of hydrogen-bond donors (Lipinski definition) is 3. The number of anilines is 1. The first kappa shape index (κ1) is 20.3. The molecular formula is C20H18ClN5O3S. The van der Waals surface area contributed by atoms with Gasteiger partial charge in [0.15, 0.2) is 5.13 Å². The lowest BCUT2D eigenvalue weighted by atomic mass is 10.2. The third kappa shape index (κ3) is 4.28. The van der Waals surface area contributed by atoms with Gasteiger partial charge in [-0.2, -0.15) is 0 Å². The number of fused-ring (bicyclic) bond motifs is 1. The molecule has 8 nitrogen and oxygen atoms in total. The van der Waals surface area contributed by atoms with Gasteiger partial charge in [0.05, 0.1) is 12.0 Å². The molecule has 4 rings (SSSR count). The van der Waals surface area contributed by atoms with Crippen LogP contribution < -0.4 is 15.6 Å². The third-order valence-electron chi connectivity index (χ3n) is 4.31. The van der Waals surface area contributed by atoms with Gasteiger partial charge < -0.3 is 20.1 Å².